The number of fused-ring (bicyclic) bond motifs is 3. The number of ketones is 3. The highest BCUT2D eigenvalue weighted by Crippen LogP contribution is 2.52. The van der Waals surface area contributed by atoms with Gasteiger partial charge in [0.2, 0.25) is 5.78 Å². The van der Waals surface area contributed by atoms with E-state index in [0.717, 1.165) is 13.3 Å². The number of halogens is 1. The topological polar surface area (TPSA) is 170 Å². The molecule has 9 nitrogen and oxygen atoms in total. The fourth-order valence-electron chi connectivity index (χ4n) is 6.09. The Morgan fingerprint density at radius 2 is 1.97 bits per heavy atom. The molecule has 180 valence electrons. The van der Waals surface area contributed by atoms with Gasteiger partial charge < -0.3 is 31.5 Å². The maximum Gasteiger partial charge on any atom is 0.202 e. The summed E-state index contributed by atoms with van der Waals surface area (Å²) < 4.78 is 15.6. The van der Waals surface area contributed by atoms with Crippen LogP contribution in [0.15, 0.2) is 23.0 Å². The molecule has 1 saturated carbocycles. The van der Waals surface area contributed by atoms with E-state index in [0.29, 0.717) is 13.0 Å². The van der Waals surface area contributed by atoms with Crippen LogP contribution < -0.4 is 11.1 Å². The first-order chi connectivity index (χ1) is 16.0. The fourth-order valence-corrected chi connectivity index (χ4v) is 6.09. The highest BCUT2D eigenvalue weighted by molar-refractivity contribution is 6.24. The number of benzene rings is 1. The molecule has 0 bridgehead atoms. The zero-order chi connectivity index (χ0) is 24.7. The van der Waals surface area contributed by atoms with Crippen molar-refractivity contribution in [1.29, 1.82) is 0 Å². The van der Waals surface area contributed by atoms with Gasteiger partial charge in [0.25, 0.3) is 0 Å². The third-order valence-corrected chi connectivity index (χ3v) is 7.75. The number of phenolic OH excluding ortho intramolecular Hbond substituents is 1. The number of nitrogens with one attached hydrogen (secondary N) is 1. The van der Waals surface area contributed by atoms with Gasteiger partial charge in [-0.2, -0.15) is 0 Å². The van der Waals surface area contributed by atoms with E-state index < -0.39 is 69.5 Å². The molecule has 5 rings (SSSR count). The normalized spacial score (nSPS) is 33.1. The molecule has 0 spiro atoms. The molecule has 3 aliphatic carbocycles. The Labute approximate surface area is 193 Å². The molecule has 1 aromatic rings. The molecular formula is C24H25FN2O7. The summed E-state index contributed by atoms with van der Waals surface area (Å²) >= 11 is 0. The quantitative estimate of drug-likeness (QED) is 0.344. The fraction of sp³-hybridized carbons (Fsp3) is 0.458. The van der Waals surface area contributed by atoms with E-state index in [2.05, 4.69) is 5.32 Å². The van der Waals surface area contributed by atoms with Gasteiger partial charge in [-0.05, 0) is 51.1 Å². The molecular weight excluding hydrogens is 447 g/mol. The second-order valence-electron chi connectivity index (χ2n) is 9.57. The molecule has 1 aromatic carbocycles. The lowest BCUT2D eigenvalue weighted by molar-refractivity contribution is -0.149. The summed E-state index contributed by atoms with van der Waals surface area (Å²) in [4.78, 5) is 38.1. The number of Topliss-reactive ketones (excluding diaryl/α,β-unsaturated/α-hetero) is 3. The lowest BCUT2D eigenvalue weighted by atomic mass is 9.57. The van der Waals surface area contributed by atoms with Crippen LogP contribution in [-0.4, -0.2) is 56.0 Å². The van der Waals surface area contributed by atoms with Gasteiger partial charge in [-0.3, -0.25) is 14.4 Å². The van der Waals surface area contributed by atoms with E-state index in [9.17, 15) is 34.8 Å². The van der Waals surface area contributed by atoms with Crippen LogP contribution >= 0.6 is 0 Å². The molecule has 1 saturated heterocycles. The van der Waals surface area contributed by atoms with Crippen LogP contribution in [0.2, 0.25) is 0 Å². The van der Waals surface area contributed by atoms with Crippen LogP contribution in [0.1, 0.15) is 48.9 Å². The van der Waals surface area contributed by atoms with Gasteiger partial charge in [-0.1, -0.05) is 0 Å². The number of carbonyl (C=O) groups is 3. The van der Waals surface area contributed by atoms with Gasteiger partial charge >= 0.3 is 0 Å². The van der Waals surface area contributed by atoms with Gasteiger partial charge in [0.05, 0.1) is 11.6 Å². The lowest BCUT2D eigenvalue weighted by Gasteiger charge is -2.48. The van der Waals surface area contributed by atoms with Crippen molar-refractivity contribution >= 4 is 23.1 Å². The minimum absolute atomic E-state index is 0.0353. The molecule has 7 N–H and O–H groups in total. The van der Waals surface area contributed by atoms with Crippen molar-refractivity contribution in [2.75, 3.05) is 6.54 Å². The predicted molar refractivity (Wildman–Crippen MR) is 116 cm³/mol. The Hall–Kier alpha value is -3.08. The van der Waals surface area contributed by atoms with Gasteiger partial charge in [0.15, 0.2) is 17.2 Å². The van der Waals surface area contributed by atoms with Crippen LogP contribution in [0, 0.1) is 17.7 Å². The number of nitrogens with two attached hydrogens (primary N) is 1. The zero-order valence-electron chi connectivity index (χ0n) is 18.4. The molecule has 5 atom stereocenters. The number of rotatable bonds is 2. The SMILES string of the molecule is CC(=O)C1=C(O)[C@@]2(O)C(=O)C3=C(O)c4c(O)cc(C5CCCN5)c(F)c4C[C@H]3C[C@H]2[C@H](N)C1=O. The first kappa shape index (κ1) is 22.7. The van der Waals surface area contributed by atoms with Gasteiger partial charge in [0.1, 0.15) is 28.7 Å². The van der Waals surface area contributed by atoms with Crippen molar-refractivity contribution in [2.45, 2.75) is 50.3 Å². The molecule has 2 fully saturated rings. The molecule has 4 aliphatic rings. The summed E-state index contributed by atoms with van der Waals surface area (Å²) in [5.74, 6) is -7.79. The average molecular weight is 472 g/mol. The Bertz CT molecular complexity index is 1230. The van der Waals surface area contributed by atoms with E-state index in [1.807, 2.05) is 0 Å². The van der Waals surface area contributed by atoms with E-state index in [-0.39, 0.29) is 41.1 Å². The predicted octanol–water partition coefficient (Wildman–Crippen LogP) is 1.03. The standard InChI is InChI=1S/C24H25FN2O7/c1-8(28)15-21(31)19(26)12-6-9-5-11-17(20(30)16(9)23(33)24(12,34)22(15)32)14(29)7-10(18(11)25)13-3-2-4-27-13/h7,9,12-13,19,27,29-30,32,34H,2-6,26H2,1H3/t9-,12-,13?,19-,24+/m0/s1. The second kappa shape index (κ2) is 7.46. The van der Waals surface area contributed by atoms with Crippen molar-refractivity contribution in [2.24, 2.45) is 17.6 Å². The Morgan fingerprint density at radius 1 is 1.26 bits per heavy atom. The van der Waals surface area contributed by atoms with Gasteiger partial charge in [0, 0.05) is 28.7 Å². The Morgan fingerprint density at radius 3 is 2.59 bits per heavy atom. The molecule has 0 amide bonds. The Kier molecular flexibility index (Phi) is 4.98. The summed E-state index contributed by atoms with van der Waals surface area (Å²) in [5.41, 5.74) is 2.32. The van der Waals surface area contributed by atoms with E-state index in [1.54, 1.807) is 0 Å². The van der Waals surface area contributed by atoms with Crippen LogP contribution in [0.5, 0.6) is 5.75 Å². The summed E-state index contributed by atoms with van der Waals surface area (Å²) in [6, 6.07) is -0.529. The number of aromatic hydroxyl groups is 1. The van der Waals surface area contributed by atoms with Crippen LogP contribution in [0.4, 0.5) is 4.39 Å². The van der Waals surface area contributed by atoms with E-state index in [1.165, 1.54) is 6.07 Å². The zero-order valence-corrected chi connectivity index (χ0v) is 18.4. The molecule has 34 heavy (non-hydrogen) atoms. The molecule has 1 unspecified atom stereocenters. The van der Waals surface area contributed by atoms with Crippen molar-refractivity contribution < 1.29 is 39.2 Å². The second-order valence-corrected chi connectivity index (χ2v) is 9.57. The van der Waals surface area contributed by atoms with Crippen molar-refractivity contribution in [3.8, 4) is 5.75 Å². The molecule has 10 heteroatoms. The maximum atomic E-state index is 15.6. The van der Waals surface area contributed by atoms with Crippen LogP contribution in [-0.2, 0) is 20.8 Å². The van der Waals surface area contributed by atoms with Gasteiger partial charge in [-0.15, -0.1) is 0 Å². The number of aliphatic hydroxyl groups excluding tert-OH is 2. The van der Waals surface area contributed by atoms with Crippen LogP contribution in [0.25, 0.3) is 5.76 Å². The highest BCUT2D eigenvalue weighted by atomic mass is 19.1. The molecule has 1 aliphatic heterocycles. The molecule has 0 radical (unpaired) electrons. The molecule has 0 aromatic heterocycles. The number of aliphatic hydroxyl groups is 3. The van der Waals surface area contributed by atoms with Crippen molar-refractivity contribution in [3.63, 3.8) is 0 Å². The number of hydrogen-bond acceptors (Lipinski definition) is 9. The lowest BCUT2D eigenvalue weighted by Crippen LogP contribution is -2.64. The smallest absolute Gasteiger partial charge is 0.202 e. The van der Waals surface area contributed by atoms with Crippen LogP contribution in [0.3, 0.4) is 0 Å². The summed E-state index contributed by atoms with van der Waals surface area (Å²) in [5, 5.41) is 46.9. The summed E-state index contributed by atoms with van der Waals surface area (Å²) in [7, 11) is 0. The summed E-state index contributed by atoms with van der Waals surface area (Å²) in [6.07, 6.45) is 1.31. The Balaban J connectivity index is 1.69. The highest BCUT2D eigenvalue weighted by Gasteiger charge is 2.63. The molecule has 1 heterocycles. The third-order valence-electron chi connectivity index (χ3n) is 7.75. The van der Waals surface area contributed by atoms with E-state index >= 15 is 4.39 Å². The summed E-state index contributed by atoms with van der Waals surface area (Å²) in [6.45, 7) is 1.71. The maximum absolute atomic E-state index is 15.6. The number of phenols is 1. The first-order valence-corrected chi connectivity index (χ1v) is 11.2. The van der Waals surface area contributed by atoms with E-state index in [4.69, 9.17) is 5.73 Å². The number of hydrogen-bond donors (Lipinski definition) is 6. The minimum atomic E-state index is -2.70. The average Bonchev–Trinajstić information content (AvgIpc) is 3.31. The monoisotopic (exact) mass is 472 g/mol. The number of carbonyl (C=O) groups excluding carboxylic acids is 3. The van der Waals surface area contributed by atoms with Crippen molar-refractivity contribution in [3.05, 3.63) is 45.5 Å². The minimum Gasteiger partial charge on any atom is -0.508 e. The first-order valence-electron chi connectivity index (χ1n) is 11.2. The van der Waals surface area contributed by atoms with Crippen molar-refractivity contribution in [1.82, 2.24) is 5.32 Å². The third kappa shape index (κ3) is 2.79. The largest absolute Gasteiger partial charge is 0.508 e. The van der Waals surface area contributed by atoms with Gasteiger partial charge in [-0.25, -0.2) is 4.39 Å².